The molecule has 1 heterocycles. The van der Waals surface area contributed by atoms with Crippen LogP contribution in [0, 0.1) is 20.2 Å². The quantitative estimate of drug-likeness (QED) is 0.390. The standard InChI is InChI=1S/C23H18N4O4/c28-26(29)21-12-7-17(8-13-21)6-11-19-16-23(18-9-14-22(15-10-18)27(30)31)25(24-19)20-4-2-1-3-5-20/h1-15,23H,16H2. The lowest BCUT2D eigenvalue weighted by Gasteiger charge is -2.23. The Morgan fingerprint density at radius 3 is 1.97 bits per heavy atom. The SMILES string of the molecule is O=[N+]([O-])c1ccc(C=CC2=NN(c3ccccc3)C(c3ccc([N+](=O)[O-])cc3)C2)cc1. The van der Waals surface area contributed by atoms with Crippen LogP contribution >= 0.6 is 0 Å². The summed E-state index contributed by atoms with van der Waals surface area (Å²) in [5.41, 5.74) is 3.61. The van der Waals surface area contributed by atoms with Crippen molar-refractivity contribution in [3.63, 3.8) is 0 Å². The Labute approximate surface area is 178 Å². The van der Waals surface area contributed by atoms with E-state index in [9.17, 15) is 20.2 Å². The number of hydrogen-bond donors (Lipinski definition) is 0. The van der Waals surface area contributed by atoms with Crippen LogP contribution in [0.1, 0.15) is 23.6 Å². The van der Waals surface area contributed by atoms with Gasteiger partial charge in [-0.25, -0.2) is 0 Å². The first-order valence-corrected chi connectivity index (χ1v) is 9.60. The first-order valence-electron chi connectivity index (χ1n) is 9.60. The molecule has 1 atom stereocenters. The van der Waals surface area contributed by atoms with E-state index in [-0.39, 0.29) is 17.4 Å². The number of nitro benzene ring substituents is 2. The van der Waals surface area contributed by atoms with Crippen LogP contribution in [0.3, 0.4) is 0 Å². The first kappa shape index (κ1) is 20.0. The highest BCUT2D eigenvalue weighted by Gasteiger charge is 2.28. The third kappa shape index (κ3) is 4.48. The molecule has 0 radical (unpaired) electrons. The highest BCUT2D eigenvalue weighted by Crippen LogP contribution is 2.36. The van der Waals surface area contributed by atoms with Crippen molar-refractivity contribution in [3.8, 4) is 0 Å². The molecule has 0 aromatic heterocycles. The van der Waals surface area contributed by atoms with Crippen molar-refractivity contribution in [1.29, 1.82) is 0 Å². The number of non-ortho nitro benzene ring substituents is 2. The maximum Gasteiger partial charge on any atom is 0.269 e. The molecule has 31 heavy (non-hydrogen) atoms. The fourth-order valence-electron chi connectivity index (χ4n) is 3.43. The number of hydrogen-bond acceptors (Lipinski definition) is 6. The Morgan fingerprint density at radius 1 is 0.806 bits per heavy atom. The number of nitro groups is 2. The van der Waals surface area contributed by atoms with Crippen molar-refractivity contribution >= 4 is 28.8 Å². The van der Waals surface area contributed by atoms with Gasteiger partial charge in [0.2, 0.25) is 0 Å². The van der Waals surface area contributed by atoms with Gasteiger partial charge in [0.1, 0.15) is 0 Å². The zero-order valence-electron chi connectivity index (χ0n) is 16.4. The van der Waals surface area contributed by atoms with Crippen LogP contribution in [0.4, 0.5) is 17.1 Å². The maximum atomic E-state index is 11.0. The van der Waals surface area contributed by atoms with Gasteiger partial charge in [0.05, 0.1) is 27.3 Å². The molecule has 0 saturated heterocycles. The topological polar surface area (TPSA) is 102 Å². The second-order valence-corrected chi connectivity index (χ2v) is 7.02. The lowest BCUT2D eigenvalue weighted by Crippen LogP contribution is -2.18. The number of rotatable bonds is 6. The van der Waals surface area contributed by atoms with E-state index >= 15 is 0 Å². The molecule has 0 spiro atoms. The predicted octanol–water partition coefficient (Wildman–Crippen LogP) is 5.52. The van der Waals surface area contributed by atoms with Gasteiger partial charge in [-0.2, -0.15) is 5.10 Å². The van der Waals surface area contributed by atoms with Crippen LogP contribution in [0.15, 0.2) is 90.0 Å². The monoisotopic (exact) mass is 414 g/mol. The molecule has 0 amide bonds. The fourth-order valence-corrected chi connectivity index (χ4v) is 3.43. The Balaban J connectivity index is 1.60. The maximum absolute atomic E-state index is 11.0. The van der Waals surface area contributed by atoms with E-state index in [1.54, 1.807) is 24.3 Å². The third-order valence-electron chi connectivity index (χ3n) is 5.02. The van der Waals surface area contributed by atoms with Gasteiger partial charge in [-0.1, -0.05) is 36.4 Å². The molecule has 4 rings (SSSR count). The average molecular weight is 414 g/mol. The van der Waals surface area contributed by atoms with Gasteiger partial charge >= 0.3 is 0 Å². The van der Waals surface area contributed by atoms with Crippen LogP contribution in [0.25, 0.3) is 6.08 Å². The van der Waals surface area contributed by atoms with Gasteiger partial charge in [-0.15, -0.1) is 0 Å². The summed E-state index contributed by atoms with van der Waals surface area (Å²) in [5.74, 6) is 0. The molecule has 8 nitrogen and oxygen atoms in total. The minimum atomic E-state index is -0.429. The van der Waals surface area contributed by atoms with Crippen LogP contribution in [-0.2, 0) is 0 Å². The van der Waals surface area contributed by atoms with Crippen molar-refractivity contribution in [2.24, 2.45) is 5.10 Å². The fraction of sp³-hybridized carbons (Fsp3) is 0.0870. The summed E-state index contributed by atoms with van der Waals surface area (Å²) in [4.78, 5) is 20.9. The molecule has 154 valence electrons. The number of hydrazone groups is 1. The molecule has 0 saturated carbocycles. The van der Waals surface area contributed by atoms with Gasteiger partial charge in [0, 0.05) is 30.7 Å². The molecule has 0 aliphatic carbocycles. The molecule has 1 unspecified atom stereocenters. The minimum absolute atomic E-state index is 0.0452. The number of para-hydroxylation sites is 1. The van der Waals surface area contributed by atoms with E-state index in [1.807, 2.05) is 47.5 Å². The third-order valence-corrected chi connectivity index (χ3v) is 5.02. The first-order chi connectivity index (χ1) is 15.0. The lowest BCUT2D eigenvalue weighted by atomic mass is 10.0. The zero-order valence-corrected chi connectivity index (χ0v) is 16.4. The summed E-state index contributed by atoms with van der Waals surface area (Å²) < 4.78 is 0. The summed E-state index contributed by atoms with van der Waals surface area (Å²) in [6.07, 6.45) is 4.38. The van der Waals surface area contributed by atoms with E-state index in [0.29, 0.717) is 6.42 Å². The van der Waals surface area contributed by atoms with Gasteiger partial charge in [0.15, 0.2) is 0 Å². The van der Waals surface area contributed by atoms with Gasteiger partial charge in [0.25, 0.3) is 11.4 Å². The molecule has 1 aliphatic rings. The smallest absolute Gasteiger partial charge is 0.258 e. The predicted molar refractivity (Wildman–Crippen MR) is 119 cm³/mol. The summed E-state index contributed by atoms with van der Waals surface area (Å²) in [6, 6.07) is 22.5. The highest BCUT2D eigenvalue weighted by atomic mass is 16.6. The number of allylic oxidation sites excluding steroid dienone is 1. The van der Waals surface area contributed by atoms with Crippen molar-refractivity contribution in [2.45, 2.75) is 12.5 Å². The van der Waals surface area contributed by atoms with Crippen LogP contribution in [0.2, 0.25) is 0 Å². The van der Waals surface area contributed by atoms with E-state index in [1.165, 1.54) is 24.3 Å². The van der Waals surface area contributed by atoms with E-state index in [4.69, 9.17) is 5.10 Å². The Morgan fingerprint density at radius 2 is 1.39 bits per heavy atom. The zero-order chi connectivity index (χ0) is 21.8. The lowest BCUT2D eigenvalue weighted by molar-refractivity contribution is -0.385. The van der Waals surface area contributed by atoms with Crippen LogP contribution in [0.5, 0.6) is 0 Å². The van der Waals surface area contributed by atoms with E-state index in [0.717, 1.165) is 22.5 Å². The van der Waals surface area contributed by atoms with Crippen molar-refractivity contribution in [3.05, 3.63) is 116 Å². The van der Waals surface area contributed by atoms with Crippen LogP contribution < -0.4 is 5.01 Å². The van der Waals surface area contributed by atoms with Gasteiger partial charge in [-0.3, -0.25) is 25.2 Å². The second kappa shape index (κ2) is 8.58. The van der Waals surface area contributed by atoms with E-state index < -0.39 is 9.85 Å². The molecule has 3 aromatic carbocycles. The molecule has 1 aliphatic heterocycles. The minimum Gasteiger partial charge on any atom is -0.258 e. The molecule has 0 N–H and O–H groups in total. The molecule has 0 bridgehead atoms. The summed E-state index contributed by atoms with van der Waals surface area (Å²) in [7, 11) is 0. The molecule has 8 heteroatoms. The molecular weight excluding hydrogens is 396 g/mol. The number of benzene rings is 3. The highest BCUT2D eigenvalue weighted by molar-refractivity contribution is 6.01. The summed E-state index contributed by atoms with van der Waals surface area (Å²) >= 11 is 0. The van der Waals surface area contributed by atoms with Crippen LogP contribution in [-0.4, -0.2) is 15.6 Å². The number of anilines is 1. The summed E-state index contributed by atoms with van der Waals surface area (Å²) in [5, 5.41) is 28.4. The molecule has 0 fully saturated rings. The van der Waals surface area contributed by atoms with Gasteiger partial charge in [-0.05, 0) is 41.5 Å². The second-order valence-electron chi connectivity index (χ2n) is 7.02. The number of nitrogens with zero attached hydrogens (tertiary/aromatic N) is 4. The van der Waals surface area contributed by atoms with Crippen molar-refractivity contribution in [1.82, 2.24) is 0 Å². The Kier molecular flexibility index (Phi) is 5.53. The molecular formula is C23H18N4O4. The largest absolute Gasteiger partial charge is 0.269 e. The Bertz CT molecular complexity index is 1160. The van der Waals surface area contributed by atoms with Gasteiger partial charge < -0.3 is 0 Å². The van der Waals surface area contributed by atoms with Crippen molar-refractivity contribution < 1.29 is 9.85 Å². The van der Waals surface area contributed by atoms with E-state index in [2.05, 4.69) is 0 Å². The van der Waals surface area contributed by atoms with Crippen molar-refractivity contribution in [2.75, 3.05) is 5.01 Å². The average Bonchev–Trinajstić information content (AvgIpc) is 3.23. The normalized spacial score (nSPS) is 15.8. The molecule has 3 aromatic rings. The summed E-state index contributed by atoms with van der Waals surface area (Å²) in [6.45, 7) is 0. The Hall–Kier alpha value is -4.33.